The van der Waals surface area contributed by atoms with Gasteiger partial charge in [-0.25, -0.2) is 4.98 Å². The SMILES string of the molecule is Cc1cc(Oc2ccc(/C(N)=N/O)nc2)cc(C)c1Br. The minimum Gasteiger partial charge on any atom is -0.456 e. The van der Waals surface area contributed by atoms with Gasteiger partial charge in [0, 0.05) is 4.47 Å². The molecule has 0 fully saturated rings. The van der Waals surface area contributed by atoms with Crippen molar-refractivity contribution in [1.29, 1.82) is 0 Å². The van der Waals surface area contributed by atoms with Gasteiger partial charge in [-0.2, -0.15) is 0 Å². The second-order valence-electron chi connectivity index (χ2n) is 4.34. The lowest BCUT2D eigenvalue weighted by Gasteiger charge is -2.09. The van der Waals surface area contributed by atoms with Crippen molar-refractivity contribution in [2.75, 3.05) is 0 Å². The highest BCUT2D eigenvalue weighted by molar-refractivity contribution is 9.10. The van der Waals surface area contributed by atoms with E-state index in [1.165, 1.54) is 6.20 Å². The number of hydrogen-bond acceptors (Lipinski definition) is 4. The predicted octanol–water partition coefficient (Wildman–Crippen LogP) is 3.35. The van der Waals surface area contributed by atoms with E-state index in [1.807, 2.05) is 26.0 Å². The highest BCUT2D eigenvalue weighted by Gasteiger charge is 2.06. The molecule has 2 aromatic rings. The van der Waals surface area contributed by atoms with E-state index in [-0.39, 0.29) is 5.84 Å². The molecule has 0 atom stereocenters. The molecule has 6 heteroatoms. The number of halogens is 1. The van der Waals surface area contributed by atoms with Gasteiger partial charge in [0.25, 0.3) is 0 Å². The Hall–Kier alpha value is -2.08. The van der Waals surface area contributed by atoms with Gasteiger partial charge in [0.1, 0.15) is 17.2 Å². The largest absolute Gasteiger partial charge is 0.456 e. The van der Waals surface area contributed by atoms with Crippen LogP contribution in [0.5, 0.6) is 11.5 Å². The van der Waals surface area contributed by atoms with Crippen LogP contribution in [0.3, 0.4) is 0 Å². The zero-order chi connectivity index (χ0) is 14.7. The van der Waals surface area contributed by atoms with Crippen molar-refractivity contribution in [3.8, 4) is 11.5 Å². The third-order valence-corrected chi connectivity index (χ3v) is 4.00. The number of ether oxygens (including phenoxy) is 1. The molecule has 0 bridgehead atoms. The van der Waals surface area contributed by atoms with Gasteiger partial charge in [-0.1, -0.05) is 21.1 Å². The Morgan fingerprint density at radius 2 is 1.90 bits per heavy atom. The third-order valence-electron chi connectivity index (χ3n) is 2.75. The van der Waals surface area contributed by atoms with Crippen LogP contribution in [0.4, 0.5) is 0 Å². The van der Waals surface area contributed by atoms with Gasteiger partial charge in [0.15, 0.2) is 5.84 Å². The molecule has 1 heterocycles. The quantitative estimate of drug-likeness (QED) is 0.390. The molecule has 2 rings (SSSR count). The molecule has 0 radical (unpaired) electrons. The van der Waals surface area contributed by atoms with E-state index < -0.39 is 0 Å². The van der Waals surface area contributed by atoms with E-state index in [1.54, 1.807) is 12.1 Å². The van der Waals surface area contributed by atoms with Crippen LogP contribution in [-0.4, -0.2) is 16.0 Å². The number of rotatable bonds is 3. The van der Waals surface area contributed by atoms with E-state index in [0.29, 0.717) is 11.4 Å². The van der Waals surface area contributed by atoms with E-state index in [4.69, 9.17) is 15.7 Å². The maximum absolute atomic E-state index is 8.57. The summed E-state index contributed by atoms with van der Waals surface area (Å²) in [4.78, 5) is 4.06. The summed E-state index contributed by atoms with van der Waals surface area (Å²) in [6.07, 6.45) is 1.53. The Kier molecular flexibility index (Phi) is 4.24. The Bertz CT molecular complexity index is 631. The van der Waals surface area contributed by atoms with Crippen molar-refractivity contribution >= 4 is 21.8 Å². The van der Waals surface area contributed by atoms with Crippen LogP contribution < -0.4 is 10.5 Å². The first-order chi connectivity index (χ1) is 9.51. The number of aromatic nitrogens is 1. The Morgan fingerprint density at radius 3 is 2.40 bits per heavy atom. The van der Waals surface area contributed by atoms with Crippen molar-refractivity contribution in [3.63, 3.8) is 0 Å². The minimum atomic E-state index is -0.0353. The third kappa shape index (κ3) is 3.08. The fraction of sp³-hybridized carbons (Fsp3) is 0.143. The molecule has 20 heavy (non-hydrogen) atoms. The first kappa shape index (κ1) is 14.3. The maximum atomic E-state index is 8.57. The molecule has 5 nitrogen and oxygen atoms in total. The molecule has 0 spiro atoms. The van der Waals surface area contributed by atoms with Crippen molar-refractivity contribution in [2.45, 2.75) is 13.8 Å². The van der Waals surface area contributed by atoms with E-state index in [0.717, 1.165) is 21.3 Å². The summed E-state index contributed by atoms with van der Waals surface area (Å²) in [5, 5.41) is 11.5. The summed E-state index contributed by atoms with van der Waals surface area (Å²) in [6.45, 7) is 4.01. The number of nitrogens with two attached hydrogens (primary N) is 1. The fourth-order valence-electron chi connectivity index (χ4n) is 1.74. The summed E-state index contributed by atoms with van der Waals surface area (Å²) >= 11 is 3.51. The second kappa shape index (κ2) is 5.92. The minimum absolute atomic E-state index is 0.0353. The van der Waals surface area contributed by atoms with Crippen molar-refractivity contribution in [2.24, 2.45) is 10.9 Å². The average molecular weight is 336 g/mol. The molecular formula is C14H14BrN3O2. The predicted molar refractivity (Wildman–Crippen MR) is 80.4 cm³/mol. The molecule has 0 aliphatic rings. The highest BCUT2D eigenvalue weighted by atomic mass is 79.9. The molecule has 1 aromatic carbocycles. The molecule has 0 amide bonds. The Balaban J connectivity index is 2.22. The zero-order valence-corrected chi connectivity index (χ0v) is 12.7. The maximum Gasteiger partial charge on any atom is 0.188 e. The van der Waals surface area contributed by atoms with Gasteiger partial charge >= 0.3 is 0 Å². The lowest BCUT2D eigenvalue weighted by atomic mass is 10.1. The summed E-state index contributed by atoms with van der Waals surface area (Å²) < 4.78 is 6.81. The first-order valence-corrected chi connectivity index (χ1v) is 6.69. The smallest absolute Gasteiger partial charge is 0.188 e. The molecular weight excluding hydrogens is 322 g/mol. The highest BCUT2D eigenvalue weighted by Crippen LogP contribution is 2.29. The van der Waals surface area contributed by atoms with E-state index in [2.05, 4.69) is 26.1 Å². The number of amidine groups is 1. The van der Waals surface area contributed by atoms with Gasteiger partial charge in [-0.3, -0.25) is 0 Å². The number of oxime groups is 1. The monoisotopic (exact) mass is 335 g/mol. The number of aryl methyl sites for hydroxylation is 2. The van der Waals surface area contributed by atoms with Crippen LogP contribution in [0, 0.1) is 13.8 Å². The van der Waals surface area contributed by atoms with Gasteiger partial charge in [0.2, 0.25) is 0 Å². The molecule has 1 aromatic heterocycles. The van der Waals surface area contributed by atoms with Crippen LogP contribution >= 0.6 is 15.9 Å². The number of nitrogens with zero attached hydrogens (tertiary/aromatic N) is 2. The first-order valence-electron chi connectivity index (χ1n) is 5.90. The van der Waals surface area contributed by atoms with Gasteiger partial charge < -0.3 is 15.7 Å². The number of pyridine rings is 1. The van der Waals surface area contributed by atoms with Crippen LogP contribution in [0.2, 0.25) is 0 Å². The van der Waals surface area contributed by atoms with Crippen LogP contribution in [0.15, 0.2) is 40.1 Å². The van der Waals surface area contributed by atoms with Crippen molar-refractivity contribution in [1.82, 2.24) is 4.98 Å². The van der Waals surface area contributed by atoms with Crippen molar-refractivity contribution in [3.05, 3.63) is 51.8 Å². The Morgan fingerprint density at radius 1 is 1.25 bits per heavy atom. The van der Waals surface area contributed by atoms with E-state index >= 15 is 0 Å². The zero-order valence-electron chi connectivity index (χ0n) is 11.1. The van der Waals surface area contributed by atoms with E-state index in [9.17, 15) is 0 Å². The molecule has 3 N–H and O–H groups in total. The van der Waals surface area contributed by atoms with Crippen LogP contribution in [-0.2, 0) is 0 Å². The lowest BCUT2D eigenvalue weighted by Crippen LogP contribution is -2.14. The normalized spacial score (nSPS) is 11.4. The lowest BCUT2D eigenvalue weighted by molar-refractivity contribution is 0.318. The van der Waals surface area contributed by atoms with Gasteiger partial charge in [-0.05, 0) is 49.2 Å². The van der Waals surface area contributed by atoms with Gasteiger partial charge in [0.05, 0.1) is 6.20 Å². The molecule has 0 aliphatic carbocycles. The summed E-state index contributed by atoms with van der Waals surface area (Å²) in [6, 6.07) is 7.22. The summed E-state index contributed by atoms with van der Waals surface area (Å²) in [5.74, 6) is 1.29. The molecule has 0 aliphatic heterocycles. The number of hydrogen-bond donors (Lipinski definition) is 2. The van der Waals surface area contributed by atoms with Crippen LogP contribution in [0.1, 0.15) is 16.8 Å². The number of benzene rings is 1. The molecule has 0 unspecified atom stereocenters. The van der Waals surface area contributed by atoms with Crippen molar-refractivity contribution < 1.29 is 9.94 Å². The molecule has 0 saturated carbocycles. The average Bonchev–Trinajstić information content (AvgIpc) is 2.44. The topological polar surface area (TPSA) is 80.7 Å². The molecule has 104 valence electrons. The molecule has 0 saturated heterocycles. The second-order valence-corrected chi connectivity index (χ2v) is 5.13. The van der Waals surface area contributed by atoms with Crippen LogP contribution in [0.25, 0.3) is 0 Å². The van der Waals surface area contributed by atoms with Gasteiger partial charge in [-0.15, -0.1) is 0 Å². The summed E-state index contributed by atoms with van der Waals surface area (Å²) in [7, 11) is 0. The Labute approximate surface area is 125 Å². The summed E-state index contributed by atoms with van der Waals surface area (Å²) in [5.41, 5.74) is 8.03. The fourth-order valence-corrected chi connectivity index (χ4v) is 1.97. The standard InChI is InChI=1S/C14H14BrN3O2/c1-8-5-11(6-9(2)13(8)15)20-10-3-4-12(17-7-10)14(16)18-19/h3-7,19H,1-2H3,(H2,16,18).